The van der Waals surface area contributed by atoms with Crippen molar-refractivity contribution >= 4 is 35.8 Å². The molecule has 5 aromatic carbocycles. The van der Waals surface area contributed by atoms with E-state index in [0.717, 1.165) is 11.0 Å². The van der Waals surface area contributed by atoms with Gasteiger partial charge in [-0.15, -0.1) is 5.10 Å². The quantitative estimate of drug-likeness (QED) is 0.0898. The number of aromatic nitrogens is 3. The van der Waals surface area contributed by atoms with Gasteiger partial charge in [-0.3, -0.25) is 0 Å². The third-order valence-electron chi connectivity index (χ3n) is 9.56. The summed E-state index contributed by atoms with van der Waals surface area (Å²) < 4.78 is 43.4. The highest BCUT2D eigenvalue weighted by Gasteiger charge is 2.56. The van der Waals surface area contributed by atoms with Crippen LogP contribution in [0.1, 0.15) is 75.6 Å². The summed E-state index contributed by atoms with van der Waals surface area (Å²) in [5, 5.41) is 4.29. The van der Waals surface area contributed by atoms with E-state index in [9.17, 15) is 28.8 Å². The molecule has 0 saturated carbocycles. The van der Waals surface area contributed by atoms with Crippen molar-refractivity contribution in [3.63, 3.8) is 0 Å². The van der Waals surface area contributed by atoms with E-state index in [2.05, 4.69) is 10.1 Å². The Morgan fingerprint density at radius 2 is 0.841 bits per heavy atom. The SMILES string of the molecule is CCOC(=O)c1ncn([C@@H]2O[C@H](COC(=O)c3ccccc3)[C@@H](OC(=O)c3ccccc3)[C@H](OC(=O)c3ccccc3)[C@@H](OC(=O)c3ccccc3)[C@H]2OC(=O)c2ccccc2)n1. The Balaban J connectivity index is 1.43. The average molecular weight is 854 g/mol. The van der Waals surface area contributed by atoms with Crippen molar-refractivity contribution < 1.29 is 61.9 Å². The molecule has 16 heteroatoms. The Hall–Kier alpha value is -7.98. The molecular weight excluding hydrogens is 815 g/mol. The molecule has 0 aliphatic carbocycles. The minimum absolute atomic E-state index is 0.0140. The third-order valence-corrected chi connectivity index (χ3v) is 9.56. The van der Waals surface area contributed by atoms with Gasteiger partial charge in [0.05, 0.1) is 34.4 Å². The first kappa shape index (κ1) is 43.1. The summed E-state index contributed by atoms with van der Waals surface area (Å²) in [5.41, 5.74) is 0.356. The van der Waals surface area contributed by atoms with Crippen LogP contribution in [0.4, 0.5) is 0 Å². The molecular formula is C47H39N3O13. The van der Waals surface area contributed by atoms with Crippen molar-refractivity contribution in [2.24, 2.45) is 0 Å². The fraction of sp³-hybridized carbons (Fsp3) is 0.191. The van der Waals surface area contributed by atoms with Crippen LogP contribution in [-0.4, -0.2) is 94.3 Å². The van der Waals surface area contributed by atoms with Crippen molar-refractivity contribution in [3.8, 4) is 0 Å². The van der Waals surface area contributed by atoms with Crippen molar-refractivity contribution in [1.29, 1.82) is 0 Å². The van der Waals surface area contributed by atoms with Crippen LogP contribution in [0.15, 0.2) is 158 Å². The Morgan fingerprint density at radius 1 is 0.476 bits per heavy atom. The number of carbonyl (C=O) groups excluding carboxylic acids is 6. The Kier molecular flexibility index (Phi) is 14.0. The van der Waals surface area contributed by atoms with E-state index in [4.69, 9.17) is 33.2 Å². The second-order valence-corrected chi connectivity index (χ2v) is 13.7. The summed E-state index contributed by atoms with van der Waals surface area (Å²) in [6.45, 7) is 0.873. The second-order valence-electron chi connectivity index (χ2n) is 13.7. The van der Waals surface area contributed by atoms with Gasteiger partial charge in [0.25, 0.3) is 5.82 Å². The molecule has 0 unspecified atom stereocenters. The molecule has 63 heavy (non-hydrogen) atoms. The summed E-state index contributed by atoms with van der Waals surface area (Å²) in [5.74, 6) is -6.00. The number of ether oxygens (including phenoxy) is 7. The smallest absolute Gasteiger partial charge is 0.378 e. The van der Waals surface area contributed by atoms with Crippen LogP contribution in [-0.2, 0) is 33.2 Å². The molecule has 0 amide bonds. The minimum atomic E-state index is -1.92. The van der Waals surface area contributed by atoms with Gasteiger partial charge in [-0.1, -0.05) is 91.0 Å². The minimum Gasteiger partial charge on any atom is -0.460 e. The molecule has 6 atom stereocenters. The molecule has 1 fully saturated rings. The van der Waals surface area contributed by atoms with Gasteiger partial charge in [0.15, 0.2) is 30.6 Å². The maximum absolute atomic E-state index is 14.2. The van der Waals surface area contributed by atoms with E-state index in [1.165, 1.54) is 60.7 Å². The zero-order valence-electron chi connectivity index (χ0n) is 33.5. The van der Waals surface area contributed by atoms with Crippen LogP contribution in [0.5, 0.6) is 0 Å². The molecule has 0 N–H and O–H groups in total. The first-order valence-electron chi connectivity index (χ1n) is 19.7. The van der Waals surface area contributed by atoms with E-state index < -0.39 is 85.0 Å². The van der Waals surface area contributed by atoms with Gasteiger partial charge in [-0.2, -0.15) is 0 Å². The normalized spacial score (nSPS) is 19.3. The summed E-state index contributed by atoms with van der Waals surface area (Å²) in [6, 6.07) is 39.2. The number of hydrogen-bond acceptors (Lipinski definition) is 15. The molecule has 0 bridgehead atoms. The lowest BCUT2D eigenvalue weighted by Gasteiger charge is -2.35. The number of carbonyl (C=O) groups is 6. The molecule has 320 valence electrons. The first-order chi connectivity index (χ1) is 30.7. The van der Waals surface area contributed by atoms with Crippen LogP contribution in [0.2, 0.25) is 0 Å². The van der Waals surface area contributed by atoms with E-state index in [1.54, 1.807) is 97.9 Å². The molecule has 1 aromatic heterocycles. The van der Waals surface area contributed by atoms with Crippen LogP contribution in [0.3, 0.4) is 0 Å². The van der Waals surface area contributed by atoms with Crippen LogP contribution < -0.4 is 0 Å². The number of nitrogens with zero attached hydrogens (tertiary/aromatic N) is 3. The van der Waals surface area contributed by atoms with E-state index >= 15 is 0 Å². The molecule has 16 nitrogen and oxygen atoms in total. The predicted octanol–water partition coefficient (Wildman–Crippen LogP) is 6.11. The summed E-state index contributed by atoms with van der Waals surface area (Å²) >= 11 is 0. The van der Waals surface area contributed by atoms with Gasteiger partial charge in [0.2, 0.25) is 0 Å². The fourth-order valence-corrected chi connectivity index (χ4v) is 6.53. The molecule has 0 radical (unpaired) electrons. The topological polar surface area (TPSA) is 198 Å². The fourth-order valence-electron chi connectivity index (χ4n) is 6.53. The highest BCUT2D eigenvalue weighted by molar-refractivity contribution is 5.92. The highest BCUT2D eigenvalue weighted by atomic mass is 16.7. The lowest BCUT2D eigenvalue weighted by atomic mass is 9.98. The Morgan fingerprint density at radius 3 is 1.25 bits per heavy atom. The number of rotatable bonds is 14. The average Bonchev–Trinajstić information content (AvgIpc) is 3.80. The lowest BCUT2D eigenvalue weighted by Crippen LogP contribution is -2.54. The number of hydrogen-bond donors (Lipinski definition) is 0. The Labute approximate surface area is 360 Å². The van der Waals surface area contributed by atoms with Crippen molar-refractivity contribution in [2.75, 3.05) is 13.2 Å². The van der Waals surface area contributed by atoms with Gasteiger partial charge >= 0.3 is 35.8 Å². The van der Waals surface area contributed by atoms with Crippen molar-refractivity contribution in [3.05, 3.63) is 192 Å². The third kappa shape index (κ3) is 10.7. The molecule has 1 aliphatic rings. The van der Waals surface area contributed by atoms with E-state index in [0.29, 0.717) is 0 Å². The summed E-state index contributed by atoms with van der Waals surface area (Å²) in [6.07, 6.45) is -9.78. The van der Waals surface area contributed by atoms with E-state index in [1.807, 2.05) is 0 Å². The van der Waals surface area contributed by atoms with Crippen molar-refractivity contribution in [2.45, 2.75) is 43.7 Å². The Bertz CT molecular complexity index is 2510. The standard InChI is InChI=1S/C47H39N3O13/c1-2-57-47(56)40-48-29-50(49-40)41-39(63-46(55)34-26-16-7-17-27-34)38(62-45(54)33-24-14-6-15-25-33)37(61-44(53)32-22-12-5-13-23-32)36(60-43(52)31-20-10-4-11-21-31)35(59-41)28-58-42(51)30-18-8-3-9-19-30/h3-27,29,35-39,41H,2,28H2,1H3/t35-,36-,37+,38-,39-,41-/m1/s1. The van der Waals surface area contributed by atoms with Crippen LogP contribution in [0, 0.1) is 0 Å². The molecule has 1 aliphatic heterocycles. The van der Waals surface area contributed by atoms with E-state index in [-0.39, 0.29) is 34.4 Å². The van der Waals surface area contributed by atoms with Crippen LogP contribution in [0.25, 0.3) is 0 Å². The van der Waals surface area contributed by atoms with Gasteiger partial charge in [0.1, 0.15) is 19.0 Å². The van der Waals surface area contributed by atoms with Gasteiger partial charge in [0, 0.05) is 0 Å². The number of esters is 6. The first-order valence-corrected chi connectivity index (χ1v) is 19.7. The largest absolute Gasteiger partial charge is 0.460 e. The van der Waals surface area contributed by atoms with Crippen molar-refractivity contribution in [1.82, 2.24) is 14.8 Å². The molecule has 6 aromatic rings. The maximum Gasteiger partial charge on any atom is 0.378 e. The molecule has 0 spiro atoms. The van der Waals surface area contributed by atoms with Gasteiger partial charge in [-0.05, 0) is 67.6 Å². The maximum atomic E-state index is 14.2. The predicted molar refractivity (Wildman–Crippen MR) is 219 cm³/mol. The second kappa shape index (κ2) is 20.5. The summed E-state index contributed by atoms with van der Waals surface area (Å²) in [4.78, 5) is 87.2. The van der Waals surface area contributed by atoms with Crippen LogP contribution >= 0.6 is 0 Å². The molecule has 7 rings (SSSR count). The summed E-state index contributed by atoms with van der Waals surface area (Å²) in [7, 11) is 0. The molecule has 2 heterocycles. The monoisotopic (exact) mass is 853 g/mol. The zero-order valence-corrected chi connectivity index (χ0v) is 33.5. The zero-order chi connectivity index (χ0) is 44.1. The number of benzene rings is 5. The molecule has 1 saturated heterocycles. The van der Waals surface area contributed by atoms with Gasteiger partial charge < -0.3 is 33.2 Å². The lowest BCUT2D eigenvalue weighted by molar-refractivity contribution is -0.159. The van der Waals surface area contributed by atoms with Gasteiger partial charge in [-0.25, -0.2) is 38.4 Å². The highest BCUT2D eigenvalue weighted by Crippen LogP contribution is 2.36.